The van der Waals surface area contributed by atoms with Gasteiger partial charge in [0.1, 0.15) is 0 Å². The van der Waals surface area contributed by atoms with E-state index in [0.29, 0.717) is 18.2 Å². The Bertz CT molecular complexity index is 211. The number of morpholine rings is 1. The number of ether oxygens (including phenoxy) is 1. The molecule has 1 aliphatic rings. The fraction of sp³-hybridized carbons (Fsp3) is 1.00. The fourth-order valence-electron chi connectivity index (χ4n) is 2.80. The molecule has 0 aliphatic carbocycles. The Balaban J connectivity index is 2.43. The maximum absolute atomic E-state index is 5.83. The highest BCUT2D eigenvalue weighted by Crippen LogP contribution is 2.16. The van der Waals surface area contributed by atoms with Crippen LogP contribution in [0.1, 0.15) is 47.5 Å². The van der Waals surface area contributed by atoms with E-state index in [1.54, 1.807) is 0 Å². The van der Waals surface area contributed by atoms with Crippen LogP contribution in [0.15, 0.2) is 0 Å². The third-order valence-electron chi connectivity index (χ3n) is 3.52. The summed E-state index contributed by atoms with van der Waals surface area (Å²) in [5.74, 6) is 0.731. The van der Waals surface area contributed by atoms with E-state index >= 15 is 0 Å². The standard InChI is InChI=1S/C15H32N2O/c1-6-7-15(9-16-8-12(2)3)17-10-13(4)18-14(5)11-17/h12-16H,6-11H2,1-5H3/t13-,14+,15?. The molecular formula is C15H32N2O. The van der Waals surface area contributed by atoms with Crippen molar-refractivity contribution >= 4 is 0 Å². The quantitative estimate of drug-likeness (QED) is 0.757. The van der Waals surface area contributed by atoms with E-state index < -0.39 is 0 Å². The van der Waals surface area contributed by atoms with Gasteiger partial charge >= 0.3 is 0 Å². The lowest BCUT2D eigenvalue weighted by molar-refractivity contribution is -0.0809. The van der Waals surface area contributed by atoms with Gasteiger partial charge in [0.2, 0.25) is 0 Å². The summed E-state index contributed by atoms with van der Waals surface area (Å²) in [6.07, 6.45) is 3.29. The minimum absolute atomic E-state index is 0.373. The van der Waals surface area contributed by atoms with Crippen molar-refractivity contribution in [2.24, 2.45) is 5.92 Å². The second kappa shape index (κ2) is 8.13. The molecule has 3 atom stereocenters. The highest BCUT2D eigenvalue weighted by molar-refractivity contribution is 4.81. The van der Waals surface area contributed by atoms with E-state index in [-0.39, 0.29) is 0 Å². The van der Waals surface area contributed by atoms with Crippen molar-refractivity contribution in [2.75, 3.05) is 26.2 Å². The van der Waals surface area contributed by atoms with Crippen LogP contribution in [-0.4, -0.2) is 49.3 Å². The molecule has 1 fully saturated rings. The summed E-state index contributed by atoms with van der Waals surface area (Å²) < 4.78 is 5.83. The molecule has 0 saturated carbocycles. The Hall–Kier alpha value is -0.120. The molecule has 0 spiro atoms. The Labute approximate surface area is 113 Å². The average molecular weight is 256 g/mol. The maximum atomic E-state index is 5.83. The number of nitrogens with one attached hydrogen (secondary N) is 1. The van der Waals surface area contributed by atoms with Crippen molar-refractivity contribution in [3.8, 4) is 0 Å². The molecule has 3 heteroatoms. The van der Waals surface area contributed by atoms with E-state index in [0.717, 1.165) is 32.1 Å². The minimum Gasteiger partial charge on any atom is -0.373 e. The topological polar surface area (TPSA) is 24.5 Å². The highest BCUT2D eigenvalue weighted by Gasteiger charge is 2.27. The molecule has 108 valence electrons. The summed E-state index contributed by atoms with van der Waals surface area (Å²) in [5, 5.41) is 3.61. The highest BCUT2D eigenvalue weighted by atomic mass is 16.5. The number of hydrogen-bond acceptors (Lipinski definition) is 3. The van der Waals surface area contributed by atoms with Crippen molar-refractivity contribution in [1.29, 1.82) is 0 Å². The number of hydrogen-bond donors (Lipinski definition) is 1. The molecule has 1 aliphatic heterocycles. The third kappa shape index (κ3) is 5.68. The lowest BCUT2D eigenvalue weighted by Gasteiger charge is -2.40. The second-order valence-electron chi connectivity index (χ2n) is 6.21. The van der Waals surface area contributed by atoms with Crippen LogP contribution < -0.4 is 5.32 Å². The van der Waals surface area contributed by atoms with Gasteiger partial charge in [-0.15, -0.1) is 0 Å². The molecule has 0 aromatic heterocycles. The minimum atomic E-state index is 0.373. The molecule has 1 heterocycles. The molecule has 1 N–H and O–H groups in total. The summed E-state index contributed by atoms with van der Waals surface area (Å²) in [6, 6.07) is 0.669. The molecule has 18 heavy (non-hydrogen) atoms. The first-order chi connectivity index (χ1) is 8.52. The van der Waals surface area contributed by atoms with E-state index in [2.05, 4.69) is 44.8 Å². The van der Waals surface area contributed by atoms with Crippen LogP contribution in [0.25, 0.3) is 0 Å². The average Bonchev–Trinajstić information content (AvgIpc) is 2.26. The van der Waals surface area contributed by atoms with E-state index in [9.17, 15) is 0 Å². The van der Waals surface area contributed by atoms with E-state index in [1.807, 2.05) is 0 Å². The Morgan fingerprint density at radius 3 is 2.28 bits per heavy atom. The van der Waals surface area contributed by atoms with Crippen LogP contribution in [0.5, 0.6) is 0 Å². The van der Waals surface area contributed by atoms with Gasteiger partial charge in [0.15, 0.2) is 0 Å². The van der Waals surface area contributed by atoms with Gasteiger partial charge < -0.3 is 10.1 Å². The van der Waals surface area contributed by atoms with Gasteiger partial charge in [0.05, 0.1) is 12.2 Å². The summed E-state index contributed by atoms with van der Waals surface area (Å²) in [6.45, 7) is 15.6. The lowest BCUT2D eigenvalue weighted by Crippen LogP contribution is -2.53. The van der Waals surface area contributed by atoms with Gasteiger partial charge in [0.25, 0.3) is 0 Å². The van der Waals surface area contributed by atoms with Crippen molar-refractivity contribution in [2.45, 2.75) is 65.7 Å². The number of rotatable bonds is 7. The molecule has 0 aromatic rings. The number of nitrogens with zero attached hydrogens (tertiary/aromatic N) is 1. The largest absolute Gasteiger partial charge is 0.373 e. The van der Waals surface area contributed by atoms with Crippen LogP contribution >= 0.6 is 0 Å². The maximum Gasteiger partial charge on any atom is 0.0678 e. The third-order valence-corrected chi connectivity index (χ3v) is 3.52. The van der Waals surface area contributed by atoms with Crippen LogP contribution in [0.4, 0.5) is 0 Å². The summed E-state index contributed by atoms with van der Waals surface area (Å²) in [5.41, 5.74) is 0. The Kier molecular flexibility index (Phi) is 7.20. The zero-order chi connectivity index (χ0) is 13.5. The fourth-order valence-corrected chi connectivity index (χ4v) is 2.80. The van der Waals surface area contributed by atoms with E-state index in [1.165, 1.54) is 12.8 Å². The summed E-state index contributed by atoms with van der Waals surface area (Å²) in [4.78, 5) is 2.62. The lowest BCUT2D eigenvalue weighted by atomic mass is 10.1. The summed E-state index contributed by atoms with van der Waals surface area (Å²) in [7, 11) is 0. The first-order valence-electron chi connectivity index (χ1n) is 7.63. The first-order valence-corrected chi connectivity index (χ1v) is 7.63. The normalized spacial score (nSPS) is 27.7. The molecule has 3 nitrogen and oxygen atoms in total. The first kappa shape index (κ1) is 15.9. The van der Waals surface area contributed by atoms with Crippen LogP contribution in [0.3, 0.4) is 0 Å². The van der Waals surface area contributed by atoms with Gasteiger partial charge in [0, 0.05) is 25.7 Å². The molecule has 1 saturated heterocycles. The van der Waals surface area contributed by atoms with Gasteiger partial charge in [-0.3, -0.25) is 4.90 Å². The zero-order valence-corrected chi connectivity index (χ0v) is 12.9. The second-order valence-corrected chi connectivity index (χ2v) is 6.21. The van der Waals surface area contributed by atoms with Crippen LogP contribution in [0, 0.1) is 5.92 Å². The molecule has 0 radical (unpaired) electrons. The monoisotopic (exact) mass is 256 g/mol. The van der Waals surface area contributed by atoms with Gasteiger partial charge in [-0.2, -0.15) is 0 Å². The van der Waals surface area contributed by atoms with Gasteiger partial charge in [-0.1, -0.05) is 27.2 Å². The van der Waals surface area contributed by atoms with Gasteiger partial charge in [-0.25, -0.2) is 0 Å². The Morgan fingerprint density at radius 1 is 1.17 bits per heavy atom. The molecule has 1 unspecified atom stereocenters. The SMILES string of the molecule is CCCC(CNCC(C)C)N1C[C@@H](C)O[C@@H](C)C1. The molecule has 0 aromatic carbocycles. The van der Waals surface area contributed by atoms with Gasteiger partial charge in [-0.05, 0) is 32.7 Å². The van der Waals surface area contributed by atoms with Crippen molar-refractivity contribution in [1.82, 2.24) is 10.2 Å². The van der Waals surface area contributed by atoms with E-state index in [4.69, 9.17) is 4.74 Å². The summed E-state index contributed by atoms with van der Waals surface area (Å²) >= 11 is 0. The predicted octanol–water partition coefficient (Wildman–Crippen LogP) is 2.51. The molecule has 1 rings (SSSR count). The van der Waals surface area contributed by atoms with Crippen molar-refractivity contribution in [3.05, 3.63) is 0 Å². The molecule has 0 bridgehead atoms. The molecular weight excluding hydrogens is 224 g/mol. The smallest absolute Gasteiger partial charge is 0.0678 e. The molecule has 0 amide bonds. The predicted molar refractivity (Wildman–Crippen MR) is 78.0 cm³/mol. The van der Waals surface area contributed by atoms with Crippen molar-refractivity contribution < 1.29 is 4.74 Å². The van der Waals surface area contributed by atoms with Crippen LogP contribution in [0.2, 0.25) is 0 Å². The van der Waals surface area contributed by atoms with Crippen molar-refractivity contribution in [3.63, 3.8) is 0 Å². The zero-order valence-electron chi connectivity index (χ0n) is 12.9. The van der Waals surface area contributed by atoms with Crippen LogP contribution in [-0.2, 0) is 4.74 Å². The Morgan fingerprint density at radius 2 is 1.78 bits per heavy atom.